The molecule has 6 unspecified atom stereocenters. The molecule has 9 nitrogen and oxygen atoms in total. The van der Waals surface area contributed by atoms with Crippen LogP contribution in [0.1, 0.15) is 52.4 Å². The average molecular weight is 497 g/mol. The van der Waals surface area contributed by atoms with Crippen LogP contribution >= 0.6 is 0 Å². The molecule has 0 aromatic carbocycles. The summed E-state index contributed by atoms with van der Waals surface area (Å²) in [4.78, 5) is 11.9. The van der Waals surface area contributed by atoms with E-state index in [1.165, 1.54) is 5.57 Å². The molecule has 1 saturated heterocycles. The molecule has 0 amide bonds. The SMILES string of the molecule is C=C1CC[C@H]2[C@@](C)(CCC(O)[C@@]2(C)COC2OC(CO)C(O)C(O)C2O)[C@@H]1CCC1=CCOC1=O. The summed E-state index contributed by atoms with van der Waals surface area (Å²) >= 11 is 0. The molecule has 10 atom stereocenters. The van der Waals surface area contributed by atoms with Crippen LogP contribution < -0.4 is 0 Å². The maximum atomic E-state index is 11.9. The summed E-state index contributed by atoms with van der Waals surface area (Å²) in [6, 6.07) is 0. The lowest BCUT2D eigenvalue weighted by molar-refractivity contribution is -0.313. The van der Waals surface area contributed by atoms with E-state index in [0.717, 1.165) is 25.7 Å². The molecule has 4 rings (SSSR count). The van der Waals surface area contributed by atoms with Gasteiger partial charge in [0.05, 0.1) is 19.3 Å². The van der Waals surface area contributed by atoms with Crippen LogP contribution in [0.2, 0.25) is 0 Å². The Balaban J connectivity index is 1.50. The lowest BCUT2D eigenvalue weighted by Crippen LogP contribution is -2.61. The number of rotatable bonds is 7. The van der Waals surface area contributed by atoms with Crippen molar-refractivity contribution in [2.45, 2.75) is 89.2 Å². The molecule has 198 valence electrons. The first-order valence-corrected chi connectivity index (χ1v) is 12.7. The molecule has 5 N–H and O–H groups in total. The van der Waals surface area contributed by atoms with Gasteiger partial charge in [-0.05, 0) is 61.9 Å². The van der Waals surface area contributed by atoms with E-state index in [2.05, 4.69) is 13.5 Å². The van der Waals surface area contributed by atoms with E-state index in [1.54, 1.807) is 0 Å². The topological polar surface area (TPSA) is 146 Å². The number of cyclic esters (lactones) is 1. The van der Waals surface area contributed by atoms with Crippen molar-refractivity contribution in [3.05, 3.63) is 23.8 Å². The Morgan fingerprint density at radius 1 is 1.14 bits per heavy atom. The van der Waals surface area contributed by atoms with Crippen molar-refractivity contribution < 1.29 is 44.5 Å². The summed E-state index contributed by atoms with van der Waals surface area (Å²) in [5.41, 5.74) is 1.07. The quantitative estimate of drug-likeness (QED) is 0.255. The van der Waals surface area contributed by atoms with Crippen LogP contribution in [0.4, 0.5) is 0 Å². The first kappa shape index (κ1) is 26.7. The number of carbonyl (C=O) groups excluding carboxylic acids is 1. The number of carbonyl (C=O) groups is 1. The monoisotopic (exact) mass is 496 g/mol. The molecule has 0 aromatic rings. The van der Waals surface area contributed by atoms with Crippen LogP contribution in [0.25, 0.3) is 0 Å². The fraction of sp³-hybridized carbons (Fsp3) is 0.808. The second kappa shape index (κ2) is 10.2. The molecule has 2 aliphatic carbocycles. The van der Waals surface area contributed by atoms with Gasteiger partial charge in [0.1, 0.15) is 31.0 Å². The number of hydrogen-bond acceptors (Lipinski definition) is 9. The van der Waals surface area contributed by atoms with E-state index in [-0.39, 0.29) is 29.8 Å². The molecule has 2 heterocycles. The minimum absolute atomic E-state index is 0.0772. The van der Waals surface area contributed by atoms with Crippen LogP contribution in [0.3, 0.4) is 0 Å². The minimum atomic E-state index is -1.51. The highest BCUT2D eigenvalue weighted by molar-refractivity contribution is 5.90. The maximum Gasteiger partial charge on any atom is 0.334 e. The predicted octanol–water partition coefficient (Wildman–Crippen LogP) is 0.816. The highest BCUT2D eigenvalue weighted by Gasteiger charge is 2.58. The molecule has 0 spiro atoms. The van der Waals surface area contributed by atoms with Crippen molar-refractivity contribution >= 4 is 5.97 Å². The van der Waals surface area contributed by atoms with Gasteiger partial charge >= 0.3 is 5.97 Å². The smallest absolute Gasteiger partial charge is 0.334 e. The maximum absolute atomic E-state index is 11.9. The molecule has 35 heavy (non-hydrogen) atoms. The second-order valence-electron chi connectivity index (χ2n) is 11.2. The number of esters is 1. The minimum Gasteiger partial charge on any atom is -0.458 e. The first-order valence-electron chi connectivity index (χ1n) is 12.7. The van der Waals surface area contributed by atoms with E-state index in [4.69, 9.17) is 14.2 Å². The van der Waals surface area contributed by atoms with E-state index >= 15 is 0 Å². The Hall–Kier alpha value is -1.33. The number of allylic oxidation sites excluding steroid dienone is 1. The van der Waals surface area contributed by atoms with Gasteiger partial charge in [-0.25, -0.2) is 4.79 Å². The van der Waals surface area contributed by atoms with Gasteiger partial charge in [-0.1, -0.05) is 26.0 Å². The fourth-order valence-electron chi connectivity index (χ4n) is 7.08. The van der Waals surface area contributed by atoms with Crippen molar-refractivity contribution in [1.29, 1.82) is 0 Å². The summed E-state index contributed by atoms with van der Waals surface area (Å²) in [5, 5.41) is 51.2. The number of hydrogen-bond donors (Lipinski definition) is 5. The molecular weight excluding hydrogens is 456 g/mol. The lowest BCUT2D eigenvalue weighted by atomic mass is 9.46. The van der Waals surface area contributed by atoms with Crippen molar-refractivity contribution in [1.82, 2.24) is 0 Å². The molecular formula is C26H40O9. The van der Waals surface area contributed by atoms with Gasteiger partial charge in [-0.15, -0.1) is 0 Å². The Bertz CT molecular complexity index is 841. The molecule has 2 aliphatic heterocycles. The Kier molecular flexibility index (Phi) is 7.79. The van der Waals surface area contributed by atoms with E-state index in [9.17, 15) is 30.3 Å². The molecule has 0 aromatic heterocycles. The van der Waals surface area contributed by atoms with Gasteiger partial charge in [0.15, 0.2) is 6.29 Å². The number of aliphatic hydroxyl groups excluding tert-OH is 5. The third-order valence-electron chi connectivity index (χ3n) is 9.27. The number of aliphatic hydroxyl groups is 5. The van der Waals surface area contributed by atoms with Gasteiger partial charge in [0.2, 0.25) is 0 Å². The second-order valence-corrected chi connectivity index (χ2v) is 11.2. The lowest BCUT2D eigenvalue weighted by Gasteiger charge is -2.60. The molecule has 0 bridgehead atoms. The van der Waals surface area contributed by atoms with Crippen LogP contribution in [-0.2, 0) is 19.0 Å². The molecule has 4 aliphatic rings. The van der Waals surface area contributed by atoms with Gasteiger partial charge < -0.3 is 39.7 Å². The molecule has 0 radical (unpaired) electrons. The Morgan fingerprint density at radius 3 is 2.54 bits per heavy atom. The van der Waals surface area contributed by atoms with E-state index in [0.29, 0.717) is 25.0 Å². The first-order chi connectivity index (χ1) is 16.5. The van der Waals surface area contributed by atoms with Gasteiger partial charge in [-0.3, -0.25) is 0 Å². The van der Waals surface area contributed by atoms with Crippen LogP contribution in [0, 0.1) is 22.7 Å². The fourth-order valence-corrected chi connectivity index (χ4v) is 7.08. The predicted molar refractivity (Wildman–Crippen MR) is 125 cm³/mol. The average Bonchev–Trinajstić information content (AvgIpc) is 3.24. The zero-order valence-electron chi connectivity index (χ0n) is 20.6. The molecule has 3 fully saturated rings. The third-order valence-corrected chi connectivity index (χ3v) is 9.27. The normalized spacial score (nSPS) is 46.2. The number of fused-ring (bicyclic) bond motifs is 1. The number of ether oxygens (including phenoxy) is 3. The summed E-state index contributed by atoms with van der Waals surface area (Å²) in [6.07, 6.45) is -1.06. The summed E-state index contributed by atoms with van der Waals surface area (Å²) in [5.74, 6) is 0.0169. The van der Waals surface area contributed by atoms with Crippen LogP contribution in [-0.4, -0.2) is 88.1 Å². The summed E-state index contributed by atoms with van der Waals surface area (Å²) in [7, 11) is 0. The van der Waals surface area contributed by atoms with Crippen molar-refractivity contribution in [3.8, 4) is 0 Å². The standard InChI is InChI=1S/C26H40O9/c1-14-4-7-18-25(2,16(14)6-5-15-9-11-33-23(15)32)10-8-19(28)26(18,3)13-34-24-22(31)21(30)20(29)17(12-27)35-24/h9,16-22,24,27-31H,1,4-8,10-13H2,2-3H3/t16-,17?,18+,19?,20?,21?,22?,24?,25+,26+/m1/s1. The third kappa shape index (κ3) is 4.72. The van der Waals surface area contributed by atoms with Gasteiger partial charge in [0.25, 0.3) is 0 Å². The van der Waals surface area contributed by atoms with Gasteiger partial charge in [0, 0.05) is 11.0 Å². The summed E-state index contributed by atoms with van der Waals surface area (Å²) in [6.45, 7) is 8.48. The summed E-state index contributed by atoms with van der Waals surface area (Å²) < 4.78 is 16.5. The highest BCUT2D eigenvalue weighted by atomic mass is 16.7. The van der Waals surface area contributed by atoms with Gasteiger partial charge in [-0.2, -0.15) is 0 Å². The highest BCUT2D eigenvalue weighted by Crippen LogP contribution is 2.62. The van der Waals surface area contributed by atoms with Crippen molar-refractivity contribution in [2.75, 3.05) is 19.8 Å². The largest absolute Gasteiger partial charge is 0.458 e. The Labute approximate surface area is 206 Å². The zero-order chi connectivity index (χ0) is 25.5. The zero-order valence-corrected chi connectivity index (χ0v) is 20.6. The van der Waals surface area contributed by atoms with E-state index < -0.39 is 48.8 Å². The van der Waals surface area contributed by atoms with Crippen molar-refractivity contribution in [3.63, 3.8) is 0 Å². The molecule has 9 heteroatoms. The van der Waals surface area contributed by atoms with Crippen LogP contribution in [0.5, 0.6) is 0 Å². The van der Waals surface area contributed by atoms with Crippen LogP contribution in [0.15, 0.2) is 23.8 Å². The Morgan fingerprint density at radius 2 is 1.89 bits per heavy atom. The molecule has 2 saturated carbocycles. The van der Waals surface area contributed by atoms with E-state index in [1.807, 2.05) is 13.0 Å². The van der Waals surface area contributed by atoms with Crippen molar-refractivity contribution in [2.24, 2.45) is 22.7 Å².